The second-order valence-corrected chi connectivity index (χ2v) is 10.5. The maximum atomic E-state index is 13.2. The summed E-state index contributed by atoms with van der Waals surface area (Å²) in [6, 6.07) is 17.3. The van der Waals surface area contributed by atoms with Gasteiger partial charge in [-0.05, 0) is 36.5 Å². The van der Waals surface area contributed by atoms with Crippen LogP contribution in [0.2, 0.25) is 0 Å². The van der Waals surface area contributed by atoms with Gasteiger partial charge in [0, 0.05) is 84.1 Å². The van der Waals surface area contributed by atoms with Crippen LogP contribution in [0.1, 0.15) is 30.5 Å². The smallest absolute Gasteiger partial charge is 0.222 e. The van der Waals surface area contributed by atoms with E-state index in [-0.39, 0.29) is 0 Å². The third kappa shape index (κ3) is 6.91. The number of aromatic nitrogens is 1. The fourth-order valence-corrected chi connectivity index (χ4v) is 6.10. The van der Waals surface area contributed by atoms with Crippen molar-refractivity contribution < 1.29 is 9.53 Å². The predicted octanol–water partition coefficient (Wildman–Crippen LogP) is 2.73. The Morgan fingerprint density at radius 3 is 2.39 bits per heavy atom. The standard InChI is InChI=1S/C29H41N5O2/c35-29(34-16-14-31(15-17-34)22-25-6-2-1-3-7-25)10-9-26-23-32(24-27-8-4-5-12-30-27)13-11-28(26)33-18-20-36-21-19-33/h1-8,12,26,28H,9-11,13-24H2/t26-,28+/m0/s1. The molecule has 0 spiro atoms. The predicted molar refractivity (Wildman–Crippen MR) is 141 cm³/mol. The largest absolute Gasteiger partial charge is 0.379 e. The van der Waals surface area contributed by atoms with E-state index >= 15 is 0 Å². The number of amides is 1. The van der Waals surface area contributed by atoms with E-state index in [1.807, 2.05) is 12.3 Å². The van der Waals surface area contributed by atoms with Crippen LogP contribution in [0.5, 0.6) is 0 Å². The van der Waals surface area contributed by atoms with Crippen molar-refractivity contribution in [2.24, 2.45) is 5.92 Å². The van der Waals surface area contributed by atoms with Crippen LogP contribution < -0.4 is 0 Å². The summed E-state index contributed by atoms with van der Waals surface area (Å²) >= 11 is 0. The molecule has 3 saturated heterocycles. The lowest BCUT2D eigenvalue weighted by atomic mass is 9.86. The highest BCUT2D eigenvalue weighted by atomic mass is 16.5. The molecule has 194 valence electrons. The SMILES string of the molecule is O=C(CC[C@H]1CN(Cc2ccccn2)CC[C@H]1N1CCOCC1)N1CCN(Cc2ccccc2)CC1. The maximum Gasteiger partial charge on any atom is 0.222 e. The van der Waals surface area contributed by atoms with Gasteiger partial charge in [0.25, 0.3) is 0 Å². The molecule has 0 N–H and O–H groups in total. The zero-order chi connectivity index (χ0) is 24.6. The van der Waals surface area contributed by atoms with Gasteiger partial charge in [0.1, 0.15) is 0 Å². The Kier molecular flexibility index (Phi) is 8.99. The quantitative estimate of drug-likeness (QED) is 0.566. The number of piperazine rings is 1. The van der Waals surface area contributed by atoms with Crippen LogP contribution in [0.3, 0.4) is 0 Å². The van der Waals surface area contributed by atoms with Gasteiger partial charge >= 0.3 is 0 Å². The Balaban J connectivity index is 1.13. The Bertz CT molecular complexity index is 929. The van der Waals surface area contributed by atoms with Gasteiger partial charge in [0.05, 0.1) is 18.9 Å². The van der Waals surface area contributed by atoms with Crippen LogP contribution in [0, 0.1) is 5.92 Å². The van der Waals surface area contributed by atoms with Gasteiger partial charge in [-0.15, -0.1) is 0 Å². The molecule has 4 heterocycles. The number of benzene rings is 1. The molecule has 0 bridgehead atoms. The first kappa shape index (κ1) is 25.3. The summed E-state index contributed by atoms with van der Waals surface area (Å²) in [7, 11) is 0. The lowest BCUT2D eigenvalue weighted by Crippen LogP contribution is -2.54. The molecule has 3 aliphatic heterocycles. The summed E-state index contributed by atoms with van der Waals surface area (Å²) in [5.74, 6) is 0.834. The molecule has 0 aliphatic carbocycles. The number of carbonyl (C=O) groups excluding carboxylic acids is 1. The fraction of sp³-hybridized carbons (Fsp3) is 0.586. The Hall–Kier alpha value is -2.32. The third-order valence-corrected chi connectivity index (χ3v) is 8.11. The molecule has 2 aromatic rings. The molecule has 2 atom stereocenters. The van der Waals surface area contributed by atoms with Crippen molar-refractivity contribution in [1.29, 1.82) is 0 Å². The average molecular weight is 492 g/mol. The molecule has 1 aromatic heterocycles. The number of carbonyl (C=O) groups is 1. The molecule has 5 rings (SSSR count). The molecule has 7 nitrogen and oxygen atoms in total. The van der Waals surface area contributed by atoms with Crippen molar-refractivity contribution in [2.45, 2.75) is 38.4 Å². The minimum absolute atomic E-state index is 0.330. The number of rotatable bonds is 8. The number of morpholine rings is 1. The Morgan fingerprint density at radius 1 is 0.861 bits per heavy atom. The summed E-state index contributed by atoms with van der Waals surface area (Å²) in [5, 5.41) is 0. The summed E-state index contributed by atoms with van der Waals surface area (Å²) < 4.78 is 5.62. The van der Waals surface area contributed by atoms with E-state index in [2.05, 4.69) is 67.0 Å². The fourth-order valence-electron chi connectivity index (χ4n) is 6.10. The van der Waals surface area contributed by atoms with Gasteiger partial charge < -0.3 is 9.64 Å². The number of piperidine rings is 1. The number of hydrogen-bond acceptors (Lipinski definition) is 6. The van der Waals surface area contributed by atoms with Gasteiger partial charge in [-0.3, -0.25) is 24.5 Å². The second kappa shape index (κ2) is 12.8. The van der Waals surface area contributed by atoms with Gasteiger partial charge in [0.2, 0.25) is 5.91 Å². The number of nitrogens with zero attached hydrogens (tertiary/aromatic N) is 5. The number of hydrogen-bond donors (Lipinski definition) is 0. The van der Waals surface area contributed by atoms with Crippen molar-refractivity contribution in [3.8, 4) is 0 Å². The van der Waals surface area contributed by atoms with Crippen molar-refractivity contribution in [2.75, 3.05) is 65.6 Å². The first-order valence-corrected chi connectivity index (χ1v) is 13.7. The molecule has 0 radical (unpaired) electrons. The van der Waals surface area contributed by atoms with Gasteiger partial charge in [-0.1, -0.05) is 36.4 Å². The highest BCUT2D eigenvalue weighted by Crippen LogP contribution is 2.28. The molecule has 3 aliphatic rings. The van der Waals surface area contributed by atoms with Crippen LogP contribution in [0.4, 0.5) is 0 Å². The highest BCUT2D eigenvalue weighted by molar-refractivity contribution is 5.76. The van der Waals surface area contributed by atoms with E-state index in [1.165, 1.54) is 5.56 Å². The van der Waals surface area contributed by atoms with Crippen LogP contribution in [-0.2, 0) is 22.6 Å². The van der Waals surface area contributed by atoms with Crippen LogP contribution >= 0.6 is 0 Å². The first-order valence-electron chi connectivity index (χ1n) is 13.7. The van der Waals surface area contributed by atoms with Crippen LogP contribution in [0.25, 0.3) is 0 Å². The van der Waals surface area contributed by atoms with Gasteiger partial charge in [-0.2, -0.15) is 0 Å². The number of likely N-dealkylation sites (tertiary alicyclic amines) is 1. The zero-order valence-corrected chi connectivity index (χ0v) is 21.5. The van der Waals surface area contributed by atoms with Crippen molar-refractivity contribution >= 4 is 5.91 Å². The van der Waals surface area contributed by atoms with Crippen molar-refractivity contribution in [1.82, 2.24) is 24.6 Å². The molecular formula is C29H41N5O2. The van der Waals surface area contributed by atoms with E-state index in [0.717, 1.165) is 97.2 Å². The molecule has 1 amide bonds. The zero-order valence-electron chi connectivity index (χ0n) is 21.5. The summed E-state index contributed by atoms with van der Waals surface area (Å²) in [6.45, 7) is 11.3. The van der Waals surface area contributed by atoms with Gasteiger partial charge in [-0.25, -0.2) is 0 Å². The molecule has 3 fully saturated rings. The molecule has 1 aromatic carbocycles. The lowest BCUT2D eigenvalue weighted by Gasteiger charge is -2.45. The van der Waals surface area contributed by atoms with E-state index < -0.39 is 0 Å². The van der Waals surface area contributed by atoms with Crippen LogP contribution in [0.15, 0.2) is 54.7 Å². The Morgan fingerprint density at radius 2 is 1.64 bits per heavy atom. The molecule has 0 unspecified atom stereocenters. The summed E-state index contributed by atoms with van der Waals surface area (Å²) in [4.78, 5) is 27.5. The number of pyridine rings is 1. The summed E-state index contributed by atoms with van der Waals surface area (Å²) in [6.07, 6.45) is 4.65. The van der Waals surface area contributed by atoms with E-state index in [1.54, 1.807) is 0 Å². The van der Waals surface area contributed by atoms with E-state index in [0.29, 0.717) is 24.3 Å². The minimum Gasteiger partial charge on any atom is -0.379 e. The lowest BCUT2D eigenvalue weighted by molar-refractivity contribution is -0.133. The first-order chi connectivity index (χ1) is 17.7. The second-order valence-electron chi connectivity index (χ2n) is 10.5. The molecule has 7 heteroatoms. The van der Waals surface area contributed by atoms with E-state index in [4.69, 9.17) is 4.74 Å². The highest BCUT2D eigenvalue weighted by Gasteiger charge is 2.34. The minimum atomic E-state index is 0.330. The molecule has 36 heavy (non-hydrogen) atoms. The summed E-state index contributed by atoms with van der Waals surface area (Å²) in [5.41, 5.74) is 2.48. The topological polar surface area (TPSA) is 52.2 Å². The monoisotopic (exact) mass is 491 g/mol. The normalized spacial score (nSPS) is 24.6. The Labute approximate surface area is 216 Å². The molecule has 0 saturated carbocycles. The van der Waals surface area contributed by atoms with E-state index in [9.17, 15) is 4.79 Å². The molecular weight excluding hydrogens is 450 g/mol. The number of ether oxygens (including phenoxy) is 1. The van der Waals surface area contributed by atoms with Crippen LogP contribution in [-0.4, -0.2) is 102 Å². The van der Waals surface area contributed by atoms with Gasteiger partial charge in [0.15, 0.2) is 0 Å². The van der Waals surface area contributed by atoms with Crippen molar-refractivity contribution in [3.63, 3.8) is 0 Å². The average Bonchev–Trinajstić information content (AvgIpc) is 2.94. The third-order valence-electron chi connectivity index (χ3n) is 8.11. The maximum absolute atomic E-state index is 13.2. The van der Waals surface area contributed by atoms with Crippen molar-refractivity contribution in [3.05, 3.63) is 66.0 Å².